The molecule has 1 aromatic heterocycles. The molecule has 2 rings (SSSR count). The molecule has 0 aliphatic rings. The van der Waals surface area contributed by atoms with Crippen molar-refractivity contribution in [1.82, 2.24) is 9.97 Å². The van der Waals surface area contributed by atoms with Crippen molar-refractivity contribution < 1.29 is 4.74 Å². The minimum Gasteiger partial charge on any atom is -0.439 e. The highest BCUT2D eigenvalue weighted by Crippen LogP contribution is 2.23. The smallest absolute Gasteiger partial charge is 0.225 e. The van der Waals surface area contributed by atoms with Gasteiger partial charge < -0.3 is 10.5 Å². The molecule has 0 aliphatic heterocycles. The molecular weight excluding hydrogens is 226 g/mol. The second kappa shape index (κ2) is 4.37. The summed E-state index contributed by atoms with van der Waals surface area (Å²) < 4.78 is 5.50. The van der Waals surface area contributed by atoms with E-state index in [1.807, 2.05) is 13.0 Å². The van der Waals surface area contributed by atoms with Crippen molar-refractivity contribution in [2.24, 2.45) is 0 Å². The van der Waals surface area contributed by atoms with E-state index in [-0.39, 0.29) is 5.28 Å². The number of rotatable bonds is 2. The predicted octanol–water partition coefficient (Wildman–Crippen LogP) is 2.81. The van der Waals surface area contributed by atoms with Gasteiger partial charge in [-0.05, 0) is 42.3 Å². The Morgan fingerprint density at radius 3 is 2.81 bits per heavy atom. The first-order valence-corrected chi connectivity index (χ1v) is 5.05. The molecule has 0 spiro atoms. The molecule has 2 N–H and O–H groups in total. The standard InChI is InChI=1S/C11H10ClN3O/c1-7-6-8(2-3-9(7)13)16-10-4-5-14-11(12)15-10/h2-6H,13H2,1H3. The molecule has 0 saturated carbocycles. The molecule has 0 aliphatic carbocycles. The lowest BCUT2D eigenvalue weighted by atomic mass is 10.2. The van der Waals surface area contributed by atoms with Gasteiger partial charge in [-0.2, -0.15) is 4.98 Å². The number of nitrogens with two attached hydrogens (primary N) is 1. The van der Waals surface area contributed by atoms with Crippen LogP contribution in [0, 0.1) is 6.92 Å². The van der Waals surface area contributed by atoms with E-state index in [2.05, 4.69) is 9.97 Å². The lowest BCUT2D eigenvalue weighted by molar-refractivity contribution is 0.461. The molecule has 0 radical (unpaired) electrons. The number of hydrogen-bond acceptors (Lipinski definition) is 4. The van der Waals surface area contributed by atoms with E-state index in [1.165, 1.54) is 6.20 Å². The Balaban J connectivity index is 2.24. The Bertz CT molecular complexity index is 516. The highest BCUT2D eigenvalue weighted by atomic mass is 35.5. The van der Waals surface area contributed by atoms with Crippen molar-refractivity contribution in [1.29, 1.82) is 0 Å². The molecule has 0 saturated heterocycles. The maximum absolute atomic E-state index is 5.70. The van der Waals surface area contributed by atoms with E-state index in [9.17, 15) is 0 Å². The van der Waals surface area contributed by atoms with Gasteiger partial charge in [0.25, 0.3) is 0 Å². The van der Waals surface area contributed by atoms with Crippen LogP contribution in [-0.2, 0) is 0 Å². The van der Waals surface area contributed by atoms with Crippen molar-refractivity contribution in [2.45, 2.75) is 6.92 Å². The lowest BCUT2D eigenvalue weighted by Crippen LogP contribution is -1.92. The number of aromatic nitrogens is 2. The van der Waals surface area contributed by atoms with Gasteiger partial charge in [0.15, 0.2) is 0 Å². The van der Waals surface area contributed by atoms with E-state index >= 15 is 0 Å². The summed E-state index contributed by atoms with van der Waals surface area (Å²) in [4.78, 5) is 7.69. The Hall–Kier alpha value is -1.81. The van der Waals surface area contributed by atoms with Crippen LogP contribution in [0.4, 0.5) is 5.69 Å². The fraction of sp³-hybridized carbons (Fsp3) is 0.0909. The van der Waals surface area contributed by atoms with Crippen LogP contribution in [0.5, 0.6) is 11.6 Å². The molecule has 4 nitrogen and oxygen atoms in total. The minimum absolute atomic E-state index is 0.157. The van der Waals surface area contributed by atoms with Gasteiger partial charge in [0.2, 0.25) is 11.2 Å². The summed E-state index contributed by atoms with van der Waals surface area (Å²) in [7, 11) is 0. The molecule has 0 bridgehead atoms. The first-order valence-electron chi connectivity index (χ1n) is 4.67. The number of ether oxygens (including phenoxy) is 1. The molecule has 5 heteroatoms. The van der Waals surface area contributed by atoms with Gasteiger partial charge in [-0.1, -0.05) is 0 Å². The maximum Gasteiger partial charge on any atom is 0.225 e. The number of anilines is 1. The monoisotopic (exact) mass is 235 g/mol. The highest BCUT2D eigenvalue weighted by Gasteiger charge is 2.01. The summed E-state index contributed by atoms with van der Waals surface area (Å²) in [6.45, 7) is 1.91. The zero-order valence-electron chi connectivity index (χ0n) is 8.64. The second-order valence-electron chi connectivity index (χ2n) is 3.28. The number of nitrogen functional groups attached to an aromatic ring is 1. The number of halogens is 1. The molecule has 16 heavy (non-hydrogen) atoms. The molecule has 0 unspecified atom stereocenters. The van der Waals surface area contributed by atoms with Crippen LogP contribution >= 0.6 is 11.6 Å². The van der Waals surface area contributed by atoms with E-state index in [0.29, 0.717) is 11.6 Å². The van der Waals surface area contributed by atoms with Crippen molar-refractivity contribution >= 4 is 17.3 Å². The van der Waals surface area contributed by atoms with Gasteiger partial charge in [0.05, 0.1) is 0 Å². The Morgan fingerprint density at radius 2 is 2.12 bits per heavy atom. The highest BCUT2D eigenvalue weighted by molar-refractivity contribution is 6.28. The molecule has 1 aromatic carbocycles. The van der Waals surface area contributed by atoms with E-state index in [1.54, 1.807) is 18.2 Å². The summed E-state index contributed by atoms with van der Waals surface area (Å²) >= 11 is 5.65. The van der Waals surface area contributed by atoms with Crippen LogP contribution in [0.15, 0.2) is 30.5 Å². The molecule has 0 atom stereocenters. The summed E-state index contributed by atoms with van der Waals surface area (Å²) in [5, 5.41) is 0.157. The van der Waals surface area contributed by atoms with Crippen LogP contribution in [0.25, 0.3) is 0 Å². The number of hydrogen-bond donors (Lipinski definition) is 1. The first kappa shape index (κ1) is 10.7. The molecule has 82 valence electrons. The largest absolute Gasteiger partial charge is 0.439 e. The van der Waals surface area contributed by atoms with Gasteiger partial charge in [-0.15, -0.1) is 0 Å². The van der Waals surface area contributed by atoms with Gasteiger partial charge in [-0.25, -0.2) is 4.98 Å². The fourth-order valence-electron chi connectivity index (χ4n) is 1.21. The van der Waals surface area contributed by atoms with Crippen molar-refractivity contribution in [3.05, 3.63) is 41.3 Å². The normalized spacial score (nSPS) is 10.1. The first-order chi connectivity index (χ1) is 7.65. The average Bonchev–Trinajstić information content (AvgIpc) is 2.24. The van der Waals surface area contributed by atoms with Crippen molar-refractivity contribution in [3.63, 3.8) is 0 Å². The number of aryl methyl sites for hydroxylation is 1. The topological polar surface area (TPSA) is 61.0 Å². The molecule has 2 aromatic rings. The Labute approximate surface area is 98.0 Å². The van der Waals surface area contributed by atoms with Gasteiger partial charge in [-0.3, -0.25) is 0 Å². The third kappa shape index (κ3) is 2.41. The van der Waals surface area contributed by atoms with E-state index in [0.717, 1.165) is 11.3 Å². The summed E-state index contributed by atoms with van der Waals surface area (Å²) in [5.74, 6) is 1.07. The minimum atomic E-state index is 0.157. The van der Waals surface area contributed by atoms with Gasteiger partial charge >= 0.3 is 0 Å². The van der Waals surface area contributed by atoms with Gasteiger partial charge in [0, 0.05) is 18.0 Å². The van der Waals surface area contributed by atoms with Crippen molar-refractivity contribution in [3.8, 4) is 11.6 Å². The maximum atomic E-state index is 5.70. The number of benzene rings is 1. The zero-order chi connectivity index (χ0) is 11.5. The van der Waals surface area contributed by atoms with Crippen LogP contribution in [0.3, 0.4) is 0 Å². The van der Waals surface area contributed by atoms with Crippen LogP contribution in [0.2, 0.25) is 5.28 Å². The van der Waals surface area contributed by atoms with E-state index < -0.39 is 0 Å². The Kier molecular flexibility index (Phi) is 2.92. The third-order valence-electron chi connectivity index (χ3n) is 2.06. The number of nitrogens with zero attached hydrogens (tertiary/aromatic N) is 2. The fourth-order valence-corrected chi connectivity index (χ4v) is 1.35. The van der Waals surface area contributed by atoms with Gasteiger partial charge in [0.1, 0.15) is 5.75 Å². The zero-order valence-corrected chi connectivity index (χ0v) is 9.40. The molecule has 0 amide bonds. The molecule has 0 fully saturated rings. The lowest BCUT2D eigenvalue weighted by Gasteiger charge is -2.06. The summed E-state index contributed by atoms with van der Waals surface area (Å²) in [6.07, 6.45) is 1.54. The predicted molar refractivity (Wildman–Crippen MR) is 62.7 cm³/mol. The molecular formula is C11H10ClN3O. The van der Waals surface area contributed by atoms with Crippen molar-refractivity contribution in [2.75, 3.05) is 5.73 Å². The Morgan fingerprint density at radius 1 is 1.31 bits per heavy atom. The molecule has 1 heterocycles. The van der Waals surface area contributed by atoms with Crippen LogP contribution < -0.4 is 10.5 Å². The van der Waals surface area contributed by atoms with E-state index in [4.69, 9.17) is 22.1 Å². The SMILES string of the molecule is Cc1cc(Oc2ccnc(Cl)n2)ccc1N. The average molecular weight is 236 g/mol. The van der Waals surface area contributed by atoms with Crippen LogP contribution in [0.1, 0.15) is 5.56 Å². The third-order valence-corrected chi connectivity index (χ3v) is 2.25. The summed E-state index contributed by atoms with van der Waals surface area (Å²) in [6, 6.07) is 7.04. The quantitative estimate of drug-likeness (QED) is 0.642. The second-order valence-corrected chi connectivity index (χ2v) is 3.62. The summed E-state index contributed by atoms with van der Waals surface area (Å²) in [5.41, 5.74) is 7.39. The van der Waals surface area contributed by atoms with Crippen LogP contribution in [-0.4, -0.2) is 9.97 Å².